The number of piperidine rings is 1. The van der Waals surface area contributed by atoms with Crippen LogP contribution in [0.2, 0.25) is 0 Å². The zero-order valence-corrected chi connectivity index (χ0v) is 18.1. The Hall–Kier alpha value is -3.26. The van der Waals surface area contributed by atoms with E-state index in [2.05, 4.69) is 15.5 Å². The molecule has 0 atom stereocenters. The highest BCUT2D eigenvalue weighted by atomic mass is 32.1. The van der Waals surface area contributed by atoms with Crippen molar-refractivity contribution in [2.24, 2.45) is 0 Å². The Labute approximate surface area is 185 Å². The molecule has 31 heavy (non-hydrogen) atoms. The van der Waals surface area contributed by atoms with E-state index >= 15 is 0 Å². The van der Waals surface area contributed by atoms with Crippen LogP contribution in [-0.2, 0) is 11.2 Å². The molecule has 160 valence electrons. The first kappa shape index (κ1) is 21.0. The summed E-state index contributed by atoms with van der Waals surface area (Å²) in [5.41, 5.74) is 1.71. The number of carbonyl (C=O) groups is 2. The van der Waals surface area contributed by atoms with E-state index in [1.54, 1.807) is 7.11 Å². The van der Waals surface area contributed by atoms with E-state index in [-0.39, 0.29) is 17.7 Å². The predicted octanol–water partition coefficient (Wildman–Crippen LogP) is 3.75. The average Bonchev–Trinajstić information content (AvgIpc) is 3.31. The SMILES string of the molecule is COc1ccc(CC(=O)N2CCC(c3nnc(C(=O)Nc4ccccc4)s3)CC2)cc1. The molecule has 2 aromatic carbocycles. The number of likely N-dealkylation sites (tertiary alicyclic amines) is 1. The van der Waals surface area contributed by atoms with E-state index in [0.717, 1.165) is 34.8 Å². The normalized spacial score (nSPS) is 14.3. The highest BCUT2D eigenvalue weighted by Gasteiger charge is 2.27. The number of nitrogens with one attached hydrogen (secondary N) is 1. The number of nitrogens with zero attached hydrogens (tertiary/aromatic N) is 3. The third kappa shape index (κ3) is 5.27. The van der Waals surface area contributed by atoms with Gasteiger partial charge >= 0.3 is 0 Å². The molecule has 0 unspecified atom stereocenters. The molecule has 0 radical (unpaired) electrons. The Kier molecular flexibility index (Phi) is 6.57. The number of amides is 2. The second-order valence-corrected chi connectivity index (χ2v) is 8.45. The topological polar surface area (TPSA) is 84.4 Å². The maximum atomic E-state index is 12.6. The van der Waals surface area contributed by atoms with Crippen molar-refractivity contribution in [1.29, 1.82) is 0 Å². The molecular weight excluding hydrogens is 412 g/mol. The molecule has 7 nitrogen and oxygen atoms in total. The van der Waals surface area contributed by atoms with Crippen molar-refractivity contribution in [3.8, 4) is 5.75 Å². The molecule has 3 aromatic rings. The molecule has 0 spiro atoms. The minimum absolute atomic E-state index is 0.129. The number of hydrogen-bond acceptors (Lipinski definition) is 6. The molecule has 2 amide bonds. The third-order valence-corrected chi connectivity index (χ3v) is 6.46. The van der Waals surface area contributed by atoms with Crippen LogP contribution in [0.5, 0.6) is 5.75 Å². The lowest BCUT2D eigenvalue weighted by Gasteiger charge is -2.31. The van der Waals surface area contributed by atoms with Gasteiger partial charge in [-0.3, -0.25) is 9.59 Å². The zero-order valence-electron chi connectivity index (χ0n) is 17.3. The molecular formula is C23H24N4O3S. The van der Waals surface area contributed by atoms with E-state index < -0.39 is 0 Å². The van der Waals surface area contributed by atoms with Gasteiger partial charge in [0.15, 0.2) is 0 Å². The van der Waals surface area contributed by atoms with Crippen molar-refractivity contribution >= 4 is 28.8 Å². The summed E-state index contributed by atoms with van der Waals surface area (Å²) in [7, 11) is 1.63. The highest BCUT2D eigenvalue weighted by molar-refractivity contribution is 7.13. The van der Waals surface area contributed by atoms with E-state index in [1.807, 2.05) is 59.5 Å². The van der Waals surface area contributed by atoms with E-state index in [4.69, 9.17) is 4.74 Å². The van der Waals surface area contributed by atoms with Gasteiger partial charge in [-0.1, -0.05) is 41.7 Å². The minimum Gasteiger partial charge on any atom is -0.497 e. The Bertz CT molecular complexity index is 1030. The summed E-state index contributed by atoms with van der Waals surface area (Å²) in [4.78, 5) is 27.0. The largest absolute Gasteiger partial charge is 0.497 e. The van der Waals surface area contributed by atoms with Crippen LogP contribution >= 0.6 is 11.3 Å². The van der Waals surface area contributed by atoms with Crippen LogP contribution in [0.3, 0.4) is 0 Å². The molecule has 8 heteroatoms. The maximum Gasteiger partial charge on any atom is 0.286 e. The molecule has 1 aliphatic heterocycles. The first-order chi connectivity index (χ1) is 15.1. The van der Waals surface area contributed by atoms with Crippen LogP contribution in [0.25, 0.3) is 0 Å². The maximum absolute atomic E-state index is 12.6. The first-order valence-electron chi connectivity index (χ1n) is 10.2. The quantitative estimate of drug-likeness (QED) is 0.636. The molecule has 1 fully saturated rings. The van der Waals surface area contributed by atoms with Gasteiger partial charge in [-0.2, -0.15) is 0 Å². The lowest BCUT2D eigenvalue weighted by Crippen LogP contribution is -2.38. The van der Waals surface area contributed by atoms with Crippen molar-refractivity contribution in [1.82, 2.24) is 15.1 Å². The van der Waals surface area contributed by atoms with E-state index in [1.165, 1.54) is 11.3 Å². The molecule has 0 aliphatic carbocycles. The van der Waals surface area contributed by atoms with Gasteiger partial charge in [0, 0.05) is 24.7 Å². The zero-order chi connectivity index (χ0) is 21.6. The van der Waals surface area contributed by atoms with Crippen LogP contribution in [0.4, 0.5) is 5.69 Å². The van der Waals surface area contributed by atoms with Crippen LogP contribution in [0, 0.1) is 0 Å². The number of anilines is 1. The average molecular weight is 437 g/mol. The Morgan fingerprint density at radius 3 is 2.45 bits per heavy atom. The summed E-state index contributed by atoms with van der Waals surface area (Å²) in [6.07, 6.45) is 2.03. The van der Waals surface area contributed by atoms with Gasteiger partial charge in [-0.15, -0.1) is 10.2 Å². The lowest BCUT2D eigenvalue weighted by atomic mass is 9.97. The van der Waals surface area contributed by atoms with Gasteiger partial charge < -0.3 is 15.0 Å². The Balaban J connectivity index is 1.29. The van der Waals surface area contributed by atoms with Crippen molar-refractivity contribution in [3.63, 3.8) is 0 Å². The third-order valence-electron chi connectivity index (χ3n) is 5.38. The van der Waals surface area contributed by atoms with E-state index in [0.29, 0.717) is 24.5 Å². The highest BCUT2D eigenvalue weighted by Crippen LogP contribution is 2.30. The number of aromatic nitrogens is 2. The van der Waals surface area contributed by atoms with Gasteiger partial charge in [0.25, 0.3) is 5.91 Å². The van der Waals surface area contributed by atoms with Crippen LogP contribution < -0.4 is 10.1 Å². The summed E-state index contributed by atoms with van der Waals surface area (Å²) in [5.74, 6) is 0.887. The Morgan fingerprint density at radius 2 is 1.77 bits per heavy atom. The van der Waals surface area contributed by atoms with Crippen LogP contribution in [0.15, 0.2) is 54.6 Å². The smallest absolute Gasteiger partial charge is 0.286 e. The van der Waals surface area contributed by atoms with Gasteiger partial charge in [0.1, 0.15) is 10.8 Å². The molecule has 4 rings (SSSR count). The summed E-state index contributed by atoms with van der Waals surface area (Å²) in [6, 6.07) is 16.9. The van der Waals surface area contributed by atoms with Crippen molar-refractivity contribution in [2.75, 3.05) is 25.5 Å². The number of benzene rings is 2. The summed E-state index contributed by atoms with van der Waals surface area (Å²) in [6.45, 7) is 1.37. The summed E-state index contributed by atoms with van der Waals surface area (Å²) in [5, 5.41) is 12.4. The van der Waals surface area contributed by atoms with Crippen molar-refractivity contribution < 1.29 is 14.3 Å². The number of para-hydroxylation sites is 1. The number of carbonyl (C=O) groups excluding carboxylic acids is 2. The van der Waals surface area contributed by atoms with Crippen LogP contribution in [0.1, 0.15) is 39.1 Å². The second-order valence-electron chi connectivity index (χ2n) is 7.45. The second kappa shape index (κ2) is 9.70. The summed E-state index contributed by atoms with van der Waals surface area (Å²) < 4.78 is 5.16. The molecule has 1 aliphatic rings. The summed E-state index contributed by atoms with van der Waals surface area (Å²) >= 11 is 1.33. The molecule has 1 saturated heterocycles. The molecule has 1 aromatic heterocycles. The van der Waals surface area contributed by atoms with E-state index in [9.17, 15) is 9.59 Å². The minimum atomic E-state index is -0.248. The standard InChI is InChI=1S/C23H24N4O3S/c1-30-19-9-7-16(8-10-19)15-20(28)27-13-11-17(12-14-27)22-25-26-23(31-22)21(29)24-18-5-3-2-4-6-18/h2-10,17H,11-15H2,1H3,(H,24,29). The fourth-order valence-corrected chi connectivity index (χ4v) is 4.51. The first-order valence-corrected chi connectivity index (χ1v) is 11.0. The molecule has 1 N–H and O–H groups in total. The van der Waals surface area contributed by atoms with Gasteiger partial charge in [-0.05, 0) is 42.7 Å². The fourth-order valence-electron chi connectivity index (χ4n) is 3.60. The van der Waals surface area contributed by atoms with Crippen molar-refractivity contribution in [2.45, 2.75) is 25.2 Å². The molecule has 2 heterocycles. The van der Waals surface area contributed by atoms with Crippen LogP contribution in [-0.4, -0.2) is 47.1 Å². The molecule has 0 saturated carbocycles. The fraction of sp³-hybridized carbons (Fsp3) is 0.304. The number of rotatable bonds is 6. The van der Waals surface area contributed by atoms with Gasteiger partial charge in [-0.25, -0.2) is 0 Å². The Morgan fingerprint density at radius 1 is 1.06 bits per heavy atom. The number of ether oxygens (including phenoxy) is 1. The predicted molar refractivity (Wildman–Crippen MR) is 120 cm³/mol. The number of methoxy groups -OCH3 is 1. The molecule has 0 bridgehead atoms. The van der Waals surface area contributed by atoms with Gasteiger partial charge in [0.05, 0.1) is 13.5 Å². The monoisotopic (exact) mass is 436 g/mol. The van der Waals surface area contributed by atoms with Crippen molar-refractivity contribution in [3.05, 3.63) is 70.2 Å². The number of hydrogen-bond donors (Lipinski definition) is 1. The van der Waals surface area contributed by atoms with Gasteiger partial charge in [0.2, 0.25) is 10.9 Å². The lowest BCUT2D eigenvalue weighted by molar-refractivity contribution is -0.131.